The zero-order valence-corrected chi connectivity index (χ0v) is 10.00. The fourth-order valence-electron chi connectivity index (χ4n) is 2.91. The predicted molar refractivity (Wildman–Crippen MR) is 62.1 cm³/mol. The van der Waals surface area contributed by atoms with Gasteiger partial charge in [0, 0.05) is 6.04 Å². The van der Waals surface area contributed by atoms with Crippen LogP contribution in [0, 0.1) is 11.8 Å². The minimum atomic E-state index is -0.0322. The lowest BCUT2D eigenvalue weighted by atomic mass is 9.82. The van der Waals surface area contributed by atoms with E-state index >= 15 is 0 Å². The summed E-state index contributed by atoms with van der Waals surface area (Å²) >= 11 is 0. The van der Waals surface area contributed by atoms with Crippen LogP contribution in [0.5, 0.6) is 0 Å². The largest absolute Gasteiger partial charge is 0.469 e. The molecule has 16 heavy (non-hydrogen) atoms. The third kappa shape index (κ3) is 2.74. The van der Waals surface area contributed by atoms with Gasteiger partial charge in [0.05, 0.1) is 13.0 Å². The Morgan fingerprint density at radius 1 is 1.31 bits per heavy atom. The van der Waals surface area contributed by atoms with Gasteiger partial charge in [0.2, 0.25) is 0 Å². The Morgan fingerprint density at radius 2 is 2.19 bits per heavy atom. The van der Waals surface area contributed by atoms with Gasteiger partial charge in [-0.2, -0.15) is 0 Å². The third-order valence-electron chi connectivity index (χ3n) is 3.88. The number of esters is 1. The van der Waals surface area contributed by atoms with Gasteiger partial charge in [-0.3, -0.25) is 4.79 Å². The molecule has 92 valence electrons. The van der Waals surface area contributed by atoms with Crippen molar-refractivity contribution in [3.63, 3.8) is 0 Å². The Hall–Kier alpha value is -0.610. The molecule has 0 radical (unpaired) electrons. The molecule has 2 rings (SSSR count). The highest BCUT2D eigenvalue weighted by molar-refractivity contribution is 5.72. The highest BCUT2D eigenvalue weighted by Crippen LogP contribution is 2.25. The standard InChI is InChI=1S/C12H22N2O2/c1-16-12(15)9-4-6-14-11(7-9)10-3-2-5-13-8-10/h9-11,13-14H,2-8H2,1H3. The van der Waals surface area contributed by atoms with Crippen molar-refractivity contribution in [3.8, 4) is 0 Å². The van der Waals surface area contributed by atoms with Crippen LogP contribution >= 0.6 is 0 Å². The molecule has 2 heterocycles. The van der Waals surface area contributed by atoms with E-state index < -0.39 is 0 Å². The van der Waals surface area contributed by atoms with Crippen LogP contribution in [0.1, 0.15) is 25.7 Å². The van der Waals surface area contributed by atoms with Crippen molar-refractivity contribution in [2.24, 2.45) is 11.8 Å². The van der Waals surface area contributed by atoms with Gasteiger partial charge in [0.15, 0.2) is 0 Å². The van der Waals surface area contributed by atoms with Crippen molar-refractivity contribution in [1.82, 2.24) is 10.6 Å². The van der Waals surface area contributed by atoms with E-state index in [2.05, 4.69) is 10.6 Å². The van der Waals surface area contributed by atoms with E-state index in [1.165, 1.54) is 20.0 Å². The lowest BCUT2D eigenvalue weighted by Gasteiger charge is -2.36. The lowest BCUT2D eigenvalue weighted by molar-refractivity contribution is -0.146. The maximum absolute atomic E-state index is 11.5. The van der Waals surface area contributed by atoms with Crippen molar-refractivity contribution < 1.29 is 9.53 Å². The molecule has 4 nitrogen and oxygen atoms in total. The number of carbonyl (C=O) groups excluding carboxylic acids is 1. The Balaban J connectivity index is 1.87. The molecule has 2 fully saturated rings. The van der Waals surface area contributed by atoms with Gasteiger partial charge in [-0.1, -0.05) is 0 Å². The second-order valence-corrected chi connectivity index (χ2v) is 4.91. The maximum atomic E-state index is 11.5. The van der Waals surface area contributed by atoms with Gasteiger partial charge in [-0.25, -0.2) is 0 Å². The first-order valence-corrected chi connectivity index (χ1v) is 6.33. The molecule has 0 amide bonds. The summed E-state index contributed by atoms with van der Waals surface area (Å²) in [7, 11) is 1.49. The molecule has 0 aromatic rings. The summed E-state index contributed by atoms with van der Waals surface area (Å²) in [4.78, 5) is 11.5. The molecule has 0 aliphatic carbocycles. The number of ether oxygens (including phenoxy) is 1. The van der Waals surface area contributed by atoms with Gasteiger partial charge in [-0.05, 0) is 51.2 Å². The number of hydrogen-bond donors (Lipinski definition) is 2. The minimum absolute atomic E-state index is 0.0322. The maximum Gasteiger partial charge on any atom is 0.308 e. The van der Waals surface area contributed by atoms with Crippen LogP contribution in [0.15, 0.2) is 0 Å². The van der Waals surface area contributed by atoms with E-state index in [9.17, 15) is 4.79 Å². The quantitative estimate of drug-likeness (QED) is 0.674. The van der Waals surface area contributed by atoms with Crippen molar-refractivity contribution in [3.05, 3.63) is 0 Å². The van der Waals surface area contributed by atoms with Gasteiger partial charge < -0.3 is 15.4 Å². The van der Waals surface area contributed by atoms with Crippen LogP contribution in [-0.4, -0.2) is 38.8 Å². The molecule has 0 saturated carbocycles. The summed E-state index contributed by atoms with van der Waals surface area (Å²) in [5.41, 5.74) is 0. The van der Waals surface area contributed by atoms with Crippen LogP contribution in [0.4, 0.5) is 0 Å². The van der Waals surface area contributed by atoms with E-state index in [0.29, 0.717) is 12.0 Å². The van der Waals surface area contributed by atoms with Crippen molar-refractivity contribution >= 4 is 5.97 Å². The normalized spacial score (nSPS) is 35.7. The fourth-order valence-corrected chi connectivity index (χ4v) is 2.91. The molecular weight excluding hydrogens is 204 g/mol. The van der Waals surface area contributed by atoms with Crippen LogP contribution in [0.25, 0.3) is 0 Å². The zero-order chi connectivity index (χ0) is 11.4. The van der Waals surface area contributed by atoms with E-state index in [0.717, 1.165) is 32.5 Å². The summed E-state index contributed by atoms with van der Waals surface area (Å²) in [5, 5.41) is 6.98. The molecule has 0 aromatic carbocycles. The van der Waals surface area contributed by atoms with Crippen molar-refractivity contribution in [2.45, 2.75) is 31.7 Å². The average Bonchev–Trinajstić information content (AvgIpc) is 2.39. The molecule has 2 saturated heterocycles. The molecule has 4 heteroatoms. The molecule has 2 N–H and O–H groups in total. The van der Waals surface area contributed by atoms with Crippen LogP contribution in [-0.2, 0) is 9.53 Å². The second kappa shape index (κ2) is 5.64. The molecule has 3 unspecified atom stereocenters. The highest BCUT2D eigenvalue weighted by atomic mass is 16.5. The van der Waals surface area contributed by atoms with Gasteiger partial charge in [0.25, 0.3) is 0 Å². The number of piperidine rings is 2. The monoisotopic (exact) mass is 226 g/mol. The average molecular weight is 226 g/mol. The zero-order valence-electron chi connectivity index (χ0n) is 10.00. The van der Waals surface area contributed by atoms with Gasteiger partial charge >= 0.3 is 5.97 Å². The Morgan fingerprint density at radius 3 is 2.88 bits per heavy atom. The molecule has 0 aromatic heterocycles. The van der Waals surface area contributed by atoms with E-state index in [4.69, 9.17) is 4.74 Å². The van der Waals surface area contributed by atoms with Crippen LogP contribution in [0.3, 0.4) is 0 Å². The summed E-state index contributed by atoms with van der Waals surface area (Å²) < 4.78 is 4.84. The first kappa shape index (κ1) is 11.9. The first-order chi connectivity index (χ1) is 7.81. The minimum Gasteiger partial charge on any atom is -0.469 e. The number of nitrogens with one attached hydrogen (secondary N) is 2. The van der Waals surface area contributed by atoms with Gasteiger partial charge in [0.1, 0.15) is 0 Å². The van der Waals surface area contributed by atoms with Crippen LogP contribution < -0.4 is 10.6 Å². The molecule has 2 aliphatic rings. The number of hydrogen-bond acceptors (Lipinski definition) is 4. The SMILES string of the molecule is COC(=O)C1CCNC(C2CCCNC2)C1. The number of rotatable bonds is 2. The highest BCUT2D eigenvalue weighted by Gasteiger charge is 2.32. The van der Waals surface area contributed by atoms with Crippen molar-refractivity contribution in [1.29, 1.82) is 0 Å². The smallest absolute Gasteiger partial charge is 0.308 e. The van der Waals surface area contributed by atoms with Crippen LogP contribution in [0.2, 0.25) is 0 Å². The van der Waals surface area contributed by atoms with E-state index in [-0.39, 0.29) is 11.9 Å². The molecule has 0 spiro atoms. The molecular formula is C12H22N2O2. The number of carbonyl (C=O) groups is 1. The third-order valence-corrected chi connectivity index (χ3v) is 3.88. The summed E-state index contributed by atoms with van der Waals surface area (Å²) in [5.74, 6) is 0.759. The summed E-state index contributed by atoms with van der Waals surface area (Å²) in [6.45, 7) is 3.18. The summed E-state index contributed by atoms with van der Waals surface area (Å²) in [6, 6.07) is 0.491. The Labute approximate surface area is 97.1 Å². The Kier molecular flexibility index (Phi) is 4.18. The van der Waals surface area contributed by atoms with E-state index in [1.54, 1.807) is 0 Å². The van der Waals surface area contributed by atoms with Crippen molar-refractivity contribution in [2.75, 3.05) is 26.7 Å². The van der Waals surface area contributed by atoms with E-state index in [1.807, 2.05) is 0 Å². The second-order valence-electron chi connectivity index (χ2n) is 4.91. The van der Waals surface area contributed by atoms with Gasteiger partial charge in [-0.15, -0.1) is 0 Å². The number of methoxy groups -OCH3 is 1. The lowest BCUT2D eigenvalue weighted by Crippen LogP contribution is -2.49. The first-order valence-electron chi connectivity index (χ1n) is 6.33. The fraction of sp³-hybridized carbons (Fsp3) is 0.917. The summed E-state index contributed by atoms with van der Waals surface area (Å²) in [6.07, 6.45) is 4.40. The molecule has 2 aliphatic heterocycles. The molecule has 3 atom stereocenters. The Bertz CT molecular complexity index is 239. The predicted octanol–water partition coefficient (Wildman–Crippen LogP) is 0.527. The molecule has 0 bridgehead atoms. The topological polar surface area (TPSA) is 50.4 Å².